The van der Waals surface area contributed by atoms with E-state index in [1.54, 1.807) is 24.3 Å². The predicted molar refractivity (Wildman–Crippen MR) is 95.5 cm³/mol. The molecule has 0 spiro atoms. The molecule has 0 aliphatic carbocycles. The van der Waals surface area contributed by atoms with Crippen LogP contribution < -0.4 is 0 Å². The molecule has 0 atom stereocenters. The lowest BCUT2D eigenvalue weighted by atomic mass is 10.1. The number of fused-ring (bicyclic) bond motifs is 1. The Kier molecular flexibility index (Phi) is 5.17. The van der Waals surface area contributed by atoms with Crippen LogP contribution in [0.1, 0.15) is 24.0 Å². The van der Waals surface area contributed by atoms with E-state index in [2.05, 4.69) is 11.1 Å². The number of aromatic amines is 1. The van der Waals surface area contributed by atoms with Crippen molar-refractivity contribution >= 4 is 21.0 Å². The normalized spacial score (nSPS) is 11.5. The Labute approximate surface area is 147 Å². The lowest BCUT2D eigenvalue weighted by molar-refractivity contribution is 0.308. The van der Waals surface area contributed by atoms with Gasteiger partial charge in [0.1, 0.15) is 0 Å². The van der Waals surface area contributed by atoms with Crippen LogP contribution in [0.4, 0.5) is 0 Å². The third kappa shape index (κ3) is 4.08. The largest absolute Gasteiger partial charge is 0.361 e. The van der Waals surface area contributed by atoms with Crippen LogP contribution in [0, 0.1) is 11.3 Å². The maximum absolute atomic E-state index is 12.0. The summed E-state index contributed by atoms with van der Waals surface area (Å²) in [6, 6.07) is 15.8. The molecule has 25 heavy (non-hydrogen) atoms. The summed E-state index contributed by atoms with van der Waals surface area (Å²) in [4.78, 5) is 3.37. The van der Waals surface area contributed by atoms with E-state index in [9.17, 15) is 8.42 Å². The van der Waals surface area contributed by atoms with Gasteiger partial charge in [-0.2, -0.15) is 13.7 Å². The van der Waals surface area contributed by atoms with Crippen molar-refractivity contribution in [2.24, 2.45) is 0 Å². The molecular weight excluding hydrogens is 336 g/mol. The maximum atomic E-state index is 12.0. The maximum Gasteiger partial charge on any atom is 0.296 e. The summed E-state index contributed by atoms with van der Waals surface area (Å²) in [5.41, 5.74) is 2.75. The monoisotopic (exact) mass is 354 g/mol. The third-order valence-corrected chi connectivity index (χ3v) is 5.33. The molecule has 0 saturated carbocycles. The molecule has 0 fully saturated rings. The van der Waals surface area contributed by atoms with E-state index in [4.69, 9.17) is 9.44 Å². The number of nitriles is 1. The highest BCUT2D eigenvalue weighted by Gasteiger charge is 2.13. The second-order valence-corrected chi connectivity index (χ2v) is 7.35. The Morgan fingerprint density at radius 2 is 1.88 bits per heavy atom. The van der Waals surface area contributed by atoms with E-state index in [1.165, 1.54) is 12.1 Å². The van der Waals surface area contributed by atoms with Crippen molar-refractivity contribution in [3.8, 4) is 6.07 Å². The first-order chi connectivity index (χ1) is 12.1. The molecule has 1 aromatic heterocycles. The smallest absolute Gasteiger partial charge is 0.296 e. The van der Waals surface area contributed by atoms with Crippen molar-refractivity contribution in [1.29, 1.82) is 5.26 Å². The minimum absolute atomic E-state index is 0.156. The molecule has 6 heteroatoms. The number of hydrogen-bond acceptors (Lipinski definition) is 4. The van der Waals surface area contributed by atoms with Crippen LogP contribution in [-0.4, -0.2) is 20.0 Å². The minimum Gasteiger partial charge on any atom is -0.361 e. The van der Waals surface area contributed by atoms with Gasteiger partial charge in [0, 0.05) is 17.1 Å². The van der Waals surface area contributed by atoms with Crippen molar-refractivity contribution in [3.63, 3.8) is 0 Å². The third-order valence-electron chi connectivity index (χ3n) is 4.01. The lowest BCUT2D eigenvalue weighted by Crippen LogP contribution is -2.07. The van der Waals surface area contributed by atoms with Crippen LogP contribution in [0.3, 0.4) is 0 Å². The number of nitrogens with one attached hydrogen (secondary N) is 1. The fraction of sp³-hybridized carbons (Fsp3) is 0.211. The standard InChI is InChI=1S/C19H18N2O3S/c20-13-15-9-10-19-18(12-15)16(14-21-19)6-4-5-11-24-25(22,23)17-7-2-1-3-8-17/h1-3,7-10,12,14,21H,4-6,11H2. The number of H-pyrrole nitrogens is 1. The molecule has 128 valence electrons. The highest BCUT2D eigenvalue weighted by atomic mass is 32.2. The zero-order valence-corrected chi connectivity index (χ0v) is 14.4. The quantitative estimate of drug-likeness (QED) is 0.517. The number of aromatic nitrogens is 1. The molecule has 0 saturated heterocycles. The Morgan fingerprint density at radius 1 is 1.08 bits per heavy atom. The first-order valence-corrected chi connectivity index (χ1v) is 9.45. The molecule has 1 N–H and O–H groups in total. The zero-order chi connectivity index (χ0) is 17.7. The predicted octanol–water partition coefficient (Wildman–Crippen LogP) is 3.77. The van der Waals surface area contributed by atoms with Gasteiger partial charge in [0.05, 0.1) is 23.1 Å². The lowest BCUT2D eigenvalue weighted by Gasteiger charge is -2.05. The van der Waals surface area contributed by atoms with Crippen molar-refractivity contribution < 1.29 is 12.6 Å². The molecule has 0 unspecified atom stereocenters. The Morgan fingerprint density at radius 3 is 2.64 bits per heavy atom. The highest BCUT2D eigenvalue weighted by molar-refractivity contribution is 7.86. The summed E-state index contributed by atoms with van der Waals surface area (Å²) in [6.07, 6.45) is 4.17. The molecule has 0 radical (unpaired) electrons. The Balaban J connectivity index is 1.53. The molecule has 0 aliphatic rings. The fourth-order valence-corrected chi connectivity index (χ4v) is 3.66. The van der Waals surface area contributed by atoms with Crippen LogP contribution in [0.25, 0.3) is 10.9 Å². The summed E-state index contributed by atoms with van der Waals surface area (Å²) < 4.78 is 29.1. The number of benzene rings is 2. The van der Waals surface area contributed by atoms with Gasteiger partial charge in [-0.1, -0.05) is 18.2 Å². The van der Waals surface area contributed by atoms with Gasteiger partial charge in [0.15, 0.2) is 0 Å². The van der Waals surface area contributed by atoms with Crippen molar-refractivity contribution in [1.82, 2.24) is 4.98 Å². The molecular formula is C19H18N2O3S. The number of hydrogen-bond donors (Lipinski definition) is 1. The Hall–Kier alpha value is -2.62. The first kappa shape index (κ1) is 17.2. The fourth-order valence-electron chi connectivity index (χ4n) is 2.70. The topological polar surface area (TPSA) is 82.9 Å². The van der Waals surface area contributed by atoms with Gasteiger partial charge in [-0.15, -0.1) is 0 Å². The second kappa shape index (κ2) is 7.51. The van der Waals surface area contributed by atoms with Gasteiger partial charge >= 0.3 is 0 Å². The minimum atomic E-state index is -3.68. The number of rotatable bonds is 7. The van der Waals surface area contributed by atoms with Crippen LogP contribution in [0.15, 0.2) is 59.6 Å². The highest BCUT2D eigenvalue weighted by Crippen LogP contribution is 2.21. The number of nitrogens with zero attached hydrogens (tertiary/aromatic N) is 1. The molecule has 5 nitrogen and oxygen atoms in total. The van der Waals surface area contributed by atoms with E-state index >= 15 is 0 Å². The van der Waals surface area contributed by atoms with Crippen LogP contribution in [-0.2, 0) is 20.7 Å². The average Bonchev–Trinajstić information content (AvgIpc) is 3.04. The molecule has 0 bridgehead atoms. The Bertz CT molecular complexity index is 1000. The van der Waals surface area contributed by atoms with Gasteiger partial charge in [-0.3, -0.25) is 4.18 Å². The SMILES string of the molecule is N#Cc1ccc2[nH]cc(CCCCOS(=O)(=O)c3ccccc3)c2c1. The molecule has 3 aromatic rings. The van der Waals surface area contributed by atoms with E-state index in [0.717, 1.165) is 29.3 Å². The second-order valence-electron chi connectivity index (χ2n) is 5.73. The van der Waals surface area contributed by atoms with Gasteiger partial charge in [0.2, 0.25) is 0 Å². The van der Waals surface area contributed by atoms with Crippen LogP contribution in [0.2, 0.25) is 0 Å². The van der Waals surface area contributed by atoms with Gasteiger partial charge in [-0.05, 0) is 55.2 Å². The van der Waals surface area contributed by atoms with Gasteiger partial charge in [0.25, 0.3) is 10.1 Å². The van der Waals surface area contributed by atoms with Crippen molar-refractivity contribution in [2.75, 3.05) is 6.61 Å². The molecule has 0 amide bonds. The molecule has 3 rings (SSSR count). The van der Waals surface area contributed by atoms with E-state index in [1.807, 2.05) is 18.3 Å². The van der Waals surface area contributed by atoms with E-state index in [0.29, 0.717) is 12.0 Å². The number of aryl methyl sites for hydroxylation is 1. The summed E-state index contributed by atoms with van der Waals surface area (Å²) >= 11 is 0. The van der Waals surface area contributed by atoms with Crippen LogP contribution >= 0.6 is 0 Å². The zero-order valence-electron chi connectivity index (χ0n) is 13.6. The summed E-state index contributed by atoms with van der Waals surface area (Å²) in [5, 5.41) is 10.0. The molecule has 2 aromatic carbocycles. The summed E-state index contributed by atoms with van der Waals surface area (Å²) in [5.74, 6) is 0. The summed E-state index contributed by atoms with van der Waals surface area (Å²) in [7, 11) is -3.68. The molecule has 0 aliphatic heterocycles. The molecule has 1 heterocycles. The average molecular weight is 354 g/mol. The number of unbranched alkanes of at least 4 members (excludes halogenated alkanes) is 1. The van der Waals surface area contributed by atoms with E-state index < -0.39 is 10.1 Å². The summed E-state index contributed by atoms with van der Waals surface area (Å²) in [6.45, 7) is 0.156. The first-order valence-electron chi connectivity index (χ1n) is 8.05. The van der Waals surface area contributed by atoms with Gasteiger partial charge in [-0.25, -0.2) is 0 Å². The van der Waals surface area contributed by atoms with Crippen LogP contribution in [0.5, 0.6) is 0 Å². The van der Waals surface area contributed by atoms with Gasteiger partial charge < -0.3 is 4.98 Å². The van der Waals surface area contributed by atoms with Crippen molar-refractivity contribution in [3.05, 3.63) is 65.9 Å². The van der Waals surface area contributed by atoms with E-state index in [-0.39, 0.29) is 11.5 Å². The van der Waals surface area contributed by atoms with Crippen molar-refractivity contribution in [2.45, 2.75) is 24.2 Å².